The van der Waals surface area contributed by atoms with Gasteiger partial charge in [-0.25, -0.2) is 0 Å². The summed E-state index contributed by atoms with van der Waals surface area (Å²) in [6.45, 7) is 8.60. The first-order valence-electron chi connectivity index (χ1n) is 17.1. The normalized spacial score (nSPS) is 14.1. The van der Waals surface area contributed by atoms with Crippen LogP contribution in [0, 0.1) is 0 Å². The lowest BCUT2D eigenvalue weighted by Crippen LogP contribution is -2.53. The first kappa shape index (κ1) is 37.0. The van der Waals surface area contributed by atoms with Crippen LogP contribution in [0.4, 0.5) is 0 Å². The van der Waals surface area contributed by atoms with Crippen molar-refractivity contribution in [1.82, 2.24) is 0 Å². The van der Waals surface area contributed by atoms with Gasteiger partial charge in [-0.3, -0.25) is 0 Å². The van der Waals surface area contributed by atoms with Crippen molar-refractivity contribution in [1.29, 1.82) is 0 Å². The number of rotatable bonds is 30. The average Bonchev–Trinajstić information content (AvgIpc) is 2.94. The van der Waals surface area contributed by atoms with E-state index in [0.29, 0.717) is 19.8 Å². The molecule has 0 N–H and O–H groups in total. The Morgan fingerprint density at radius 1 is 0.308 bits per heavy atom. The van der Waals surface area contributed by atoms with Gasteiger partial charge in [0.05, 0.1) is 0 Å². The fourth-order valence-electron chi connectivity index (χ4n) is 4.85. The van der Waals surface area contributed by atoms with Crippen LogP contribution in [0.1, 0.15) is 175 Å². The summed E-state index contributed by atoms with van der Waals surface area (Å²) >= 11 is 0. The van der Waals surface area contributed by atoms with Gasteiger partial charge >= 0.3 is 22.0 Å². The molecule has 0 unspecified atom stereocenters. The van der Waals surface area contributed by atoms with Gasteiger partial charge in [0.2, 0.25) is 0 Å². The number of hydrogen-bond donors (Lipinski definition) is 0. The van der Waals surface area contributed by atoms with E-state index in [1.165, 1.54) is 135 Å². The second-order valence-corrected chi connectivity index (χ2v) is 11.3. The van der Waals surface area contributed by atoms with E-state index in [9.17, 15) is 0 Å². The summed E-state index contributed by atoms with van der Waals surface area (Å²) in [5, 5.41) is 0. The summed E-state index contributed by atoms with van der Waals surface area (Å²) in [5.41, 5.74) is 0. The van der Waals surface area contributed by atoms with Crippen molar-refractivity contribution in [3.05, 3.63) is 0 Å². The highest BCUT2D eigenvalue weighted by molar-refractivity contribution is 6.66. The highest BCUT2D eigenvalue weighted by Crippen LogP contribution is 2.15. The molecule has 6 nitrogen and oxygen atoms in total. The zero-order valence-electron chi connectivity index (χ0n) is 26.3. The minimum absolute atomic E-state index is 0.606. The van der Waals surface area contributed by atoms with Crippen molar-refractivity contribution in [2.45, 2.75) is 175 Å². The van der Waals surface area contributed by atoms with Crippen LogP contribution in [-0.4, -0.2) is 41.8 Å². The maximum Gasteiger partial charge on any atom is 0.615 e. The molecule has 0 atom stereocenters. The molecule has 1 aliphatic rings. The van der Waals surface area contributed by atoms with Crippen molar-refractivity contribution in [3.63, 3.8) is 0 Å². The maximum absolute atomic E-state index is 5.89. The van der Waals surface area contributed by atoms with E-state index in [-0.39, 0.29) is 0 Å². The first-order valence-corrected chi connectivity index (χ1v) is 17.1. The Hall–Kier alpha value is -0.0452. The van der Waals surface area contributed by atoms with Crippen LogP contribution in [-0.2, 0) is 27.7 Å². The second kappa shape index (κ2) is 29.4. The fourth-order valence-corrected chi connectivity index (χ4v) is 4.85. The SMILES string of the molecule is CCCCCCCCCCOB1OB(OCCCCCCCCCC)OB(OCCCCCCCCCC)O1. The first-order chi connectivity index (χ1) is 19.3. The van der Waals surface area contributed by atoms with Crippen LogP contribution >= 0.6 is 0 Å². The molecule has 1 saturated heterocycles. The molecule has 39 heavy (non-hydrogen) atoms. The molecule has 228 valence electrons. The molecule has 1 rings (SSSR count). The van der Waals surface area contributed by atoms with E-state index in [2.05, 4.69) is 20.8 Å². The Morgan fingerprint density at radius 2 is 0.513 bits per heavy atom. The molecule has 0 saturated carbocycles. The lowest BCUT2D eigenvalue weighted by atomic mass is 9.96. The van der Waals surface area contributed by atoms with Crippen molar-refractivity contribution in [2.75, 3.05) is 19.8 Å². The second-order valence-electron chi connectivity index (χ2n) is 11.3. The maximum atomic E-state index is 5.89. The highest BCUT2D eigenvalue weighted by Gasteiger charge is 2.46. The Balaban J connectivity index is 2.24. The van der Waals surface area contributed by atoms with Crippen LogP contribution in [0.2, 0.25) is 0 Å². The third-order valence-corrected chi connectivity index (χ3v) is 7.42. The minimum Gasteiger partial charge on any atom is -0.400 e. The monoisotopic (exact) mass is 552 g/mol. The number of hydrogen-bond acceptors (Lipinski definition) is 6. The predicted molar refractivity (Wildman–Crippen MR) is 166 cm³/mol. The van der Waals surface area contributed by atoms with Gasteiger partial charge in [0.15, 0.2) is 0 Å². The minimum atomic E-state index is -0.810. The molecule has 1 heterocycles. The molecular weight excluding hydrogens is 489 g/mol. The Morgan fingerprint density at radius 3 is 0.744 bits per heavy atom. The average molecular weight is 552 g/mol. The van der Waals surface area contributed by atoms with Crippen LogP contribution in [0.15, 0.2) is 0 Å². The van der Waals surface area contributed by atoms with Crippen LogP contribution in [0.3, 0.4) is 0 Å². The van der Waals surface area contributed by atoms with Gasteiger partial charge in [0.25, 0.3) is 0 Å². The Kier molecular flexibility index (Phi) is 27.9. The third-order valence-electron chi connectivity index (χ3n) is 7.42. The van der Waals surface area contributed by atoms with Crippen molar-refractivity contribution >= 4 is 22.0 Å². The van der Waals surface area contributed by atoms with Gasteiger partial charge in [-0.15, -0.1) is 0 Å². The topological polar surface area (TPSA) is 55.4 Å². The summed E-state index contributed by atoms with van der Waals surface area (Å²) in [6.07, 6.45) is 30.3. The number of unbranched alkanes of at least 4 members (excludes halogenated alkanes) is 21. The molecule has 1 aliphatic heterocycles. The fraction of sp³-hybridized carbons (Fsp3) is 1.00. The summed E-state index contributed by atoms with van der Waals surface area (Å²) in [5.74, 6) is 0. The molecule has 0 aliphatic carbocycles. The van der Waals surface area contributed by atoms with Gasteiger partial charge in [-0.1, -0.05) is 156 Å². The van der Waals surface area contributed by atoms with Crippen LogP contribution in [0.25, 0.3) is 0 Å². The van der Waals surface area contributed by atoms with E-state index in [1.54, 1.807) is 0 Å². The van der Waals surface area contributed by atoms with Crippen molar-refractivity contribution < 1.29 is 27.7 Å². The zero-order chi connectivity index (χ0) is 28.1. The van der Waals surface area contributed by atoms with Crippen LogP contribution < -0.4 is 0 Å². The molecule has 0 radical (unpaired) electrons. The smallest absolute Gasteiger partial charge is 0.400 e. The van der Waals surface area contributed by atoms with Gasteiger partial charge in [-0.2, -0.15) is 0 Å². The van der Waals surface area contributed by atoms with E-state index < -0.39 is 22.0 Å². The highest BCUT2D eigenvalue weighted by atomic mass is 16.9. The van der Waals surface area contributed by atoms with Crippen molar-refractivity contribution in [2.24, 2.45) is 0 Å². The van der Waals surface area contributed by atoms with Gasteiger partial charge in [0.1, 0.15) is 0 Å². The molecule has 0 amide bonds. The van der Waals surface area contributed by atoms with Crippen LogP contribution in [0.5, 0.6) is 0 Å². The van der Waals surface area contributed by atoms with Crippen molar-refractivity contribution in [3.8, 4) is 0 Å². The van der Waals surface area contributed by atoms with E-state index >= 15 is 0 Å². The summed E-state index contributed by atoms with van der Waals surface area (Å²) in [4.78, 5) is 0. The molecule has 0 bridgehead atoms. The van der Waals surface area contributed by atoms with E-state index in [0.717, 1.165) is 19.3 Å². The predicted octanol–water partition coefficient (Wildman–Crippen LogP) is 9.48. The summed E-state index contributed by atoms with van der Waals surface area (Å²) < 4.78 is 35.0. The molecule has 9 heteroatoms. The molecule has 0 aromatic rings. The quantitative estimate of drug-likeness (QED) is 0.0654. The molecule has 1 fully saturated rings. The third kappa shape index (κ3) is 24.3. The largest absolute Gasteiger partial charge is 0.615 e. The molecule has 0 aromatic heterocycles. The van der Waals surface area contributed by atoms with Gasteiger partial charge < -0.3 is 27.7 Å². The lowest BCUT2D eigenvalue weighted by Gasteiger charge is -2.28. The molecular formula is C30H63B3O6. The summed E-state index contributed by atoms with van der Waals surface area (Å²) in [7, 11) is -2.43. The molecule has 0 spiro atoms. The van der Waals surface area contributed by atoms with Gasteiger partial charge in [0, 0.05) is 19.8 Å². The van der Waals surface area contributed by atoms with E-state index in [4.69, 9.17) is 27.7 Å². The zero-order valence-corrected chi connectivity index (χ0v) is 26.3. The Labute approximate surface area is 244 Å². The molecule has 0 aromatic carbocycles. The summed E-state index contributed by atoms with van der Waals surface area (Å²) in [6, 6.07) is 0. The van der Waals surface area contributed by atoms with Gasteiger partial charge in [-0.05, 0) is 19.3 Å². The Bertz CT molecular complexity index is 419. The standard InChI is InChI=1S/C30H63B3O6/c1-4-7-10-13-16-19-22-25-28-34-31-37-32(35-29-26-23-20-17-14-11-8-5-2)39-33(38-31)36-30-27-24-21-18-15-12-9-6-3/h4-30H2,1-3H3. The lowest BCUT2D eigenvalue weighted by molar-refractivity contribution is 0.0647. The van der Waals surface area contributed by atoms with E-state index in [1.807, 2.05) is 0 Å².